The summed E-state index contributed by atoms with van der Waals surface area (Å²) in [4.78, 5) is 15.0. The zero-order valence-corrected chi connectivity index (χ0v) is 9.95. The van der Waals surface area contributed by atoms with Crippen molar-refractivity contribution in [3.63, 3.8) is 0 Å². The number of alkyl halides is 2. The van der Waals surface area contributed by atoms with Gasteiger partial charge >= 0.3 is 5.97 Å². The average Bonchev–Trinajstić information content (AvgIpc) is 2.29. The van der Waals surface area contributed by atoms with Crippen molar-refractivity contribution >= 4 is 11.7 Å². The van der Waals surface area contributed by atoms with E-state index >= 15 is 0 Å². The minimum absolute atomic E-state index is 0.0469. The average molecular weight is 259 g/mol. The molecule has 0 spiro atoms. The van der Waals surface area contributed by atoms with E-state index in [0.717, 1.165) is 0 Å². The summed E-state index contributed by atoms with van der Waals surface area (Å²) in [5, 5.41) is 0. The highest BCUT2D eigenvalue weighted by Crippen LogP contribution is 2.25. The topological polar surface area (TPSA) is 91.2 Å². The molecule has 0 aliphatic heterocycles. The van der Waals surface area contributed by atoms with E-state index < -0.39 is 18.1 Å². The Morgan fingerprint density at radius 2 is 2.22 bits per heavy atom. The summed E-state index contributed by atoms with van der Waals surface area (Å²) in [5.74, 6) is -0.474. The van der Waals surface area contributed by atoms with Gasteiger partial charge in [-0.1, -0.05) is 0 Å². The largest absolute Gasteiger partial charge is 0.466 e. The summed E-state index contributed by atoms with van der Waals surface area (Å²) in [6.45, 7) is 1.87. The first kappa shape index (κ1) is 14.3. The van der Waals surface area contributed by atoms with Gasteiger partial charge in [0.05, 0.1) is 24.4 Å². The Morgan fingerprint density at radius 1 is 1.56 bits per heavy atom. The number of rotatable bonds is 5. The van der Waals surface area contributed by atoms with Crippen molar-refractivity contribution in [2.45, 2.75) is 26.3 Å². The molecule has 1 rings (SSSR count). The smallest absolute Gasteiger partial charge is 0.310 e. The Morgan fingerprint density at radius 3 is 2.72 bits per heavy atom. The zero-order chi connectivity index (χ0) is 13.7. The second-order valence-electron chi connectivity index (χ2n) is 3.56. The van der Waals surface area contributed by atoms with E-state index in [-0.39, 0.29) is 31.0 Å². The normalized spacial score (nSPS) is 10.7. The van der Waals surface area contributed by atoms with E-state index in [4.69, 9.17) is 16.2 Å². The van der Waals surface area contributed by atoms with Crippen LogP contribution in [0.3, 0.4) is 0 Å². The number of carbonyl (C=O) groups excluding carboxylic acids is 1. The molecule has 0 unspecified atom stereocenters. The summed E-state index contributed by atoms with van der Waals surface area (Å²) in [6.07, 6.45) is -2.85. The fourth-order valence-corrected chi connectivity index (χ4v) is 1.50. The maximum atomic E-state index is 12.6. The van der Waals surface area contributed by atoms with Crippen molar-refractivity contribution in [2.24, 2.45) is 5.73 Å². The molecule has 1 heterocycles. The number of esters is 1. The second-order valence-corrected chi connectivity index (χ2v) is 3.56. The lowest BCUT2D eigenvalue weighted by atomic mass is 10.1. The Bertz CT molecular complexity index is 439. The predicted octanol–water partition coefficient (Wildman–Crippen LogP) is 1.17. The molecule has 0 radical (unpaired) electrons. The Labute approximate surface area is 103 Å². The quantitative estimate of drug-likeness (QED) is 0.774. The fourth-order valence-electron chi connectivity index (χ4n) is 1.50. The fraction of sp³-hybridized carbons (Fsp3) is 0.455. The molecule has 0 bridgehead atoms. The van der Waals surface area contributed by atoms with Gasteiger partial charge in [-0.25, -0.2) is 13.8 Å². The molecule has 1 aromatic heterocycles. The van der Waals surface area contributed by atoms with Gasteiger partial charge in [0, 0.05) is 6.54 Å². The highest BCUT2D eigenvalue weighted by Gasteiger charge is 2.18. The van der Waals surface area contributed by atoms with Gasteiger partial charge in [-0.05, 0) is 18.6 Å². The van der Waals surface area contributed by atoms with E-state index in [0.29, 0.717) is 5.56 Å². The minimum Gasteiger partial charge on any atom is -0.466 e. The summed E-state index contributed by atoms with van der Waals surface area (Å²) < 4.78 is 29.9. The molecule has 100 valence electrons. The van der Waals surface area contributed by atoms with Crippen LogP contribution in [0.2, 0.25) is 0 Å². The molecule has 7 heteroatoms. The highest BCUT2D eigenvalue weighted by atomic mass is 19.3. The van der Waals surface area contributed by atoms with Gasteiger partial charge in [0.2, 0.25) is 0 Å². The molecule has 0 aromatic carbocycles. The van der Waals surface area contributed by atoms with Crippen molar-refractivity contribution in [3.8, 4) is 0 Å². The number of halogens is 2. The van der Waals surface area contributed by atoms with Crippen LogP contribution in [-0.2, 0) is 22.5 Å². The molecular weight excluding hydrogens is 244 g/mol. The lowest BCUT2D eigenvalue weighted by Gasteiger charge is -2.11. The SMILES string of the molecule is CCOC(=O)Cc1cc(N)c(C(F)F)nc1CN. The van der Waals surface area contributed by atoms with E-state index in [1.54, 1.807) is 6.92 Å². The first-order chi connectivity index (χ1) is 8.49. The van der Waals surface area contributed by atoms with Crippen LogP contribution in [0.25, 0.3) is 0 Å². The van der Waals surface area contributed by atoms with Crippen LogP contribution in [-0.4, -0.2) is 17.6 Å². The summed E-state index contributed by atoms with van der Waals surface area (Å²) in [6, 6.07) is 1.30. The lowest BCUT2D eigenvalue weighted by Crippen LogP contribution is -2.14. The van der Waals surface area contributed by atoms with Crippen molar-refractivity contribution in [1.29, 1.82) is 0 Å². The number of hydrogen-bond acceptors (Lipinski definition) is 5. The standard InChI is InChI=1S/C11H15F2N3O2/c1-2-18-9(17)4-6-3-7(15)10(11(12)13)16-8(6)5-14/h3,11H,2,4-5,14-15H2,1H3. The van der Waals surface area contributed by atoms with Crippen molar-refractivity contribution in [3.05, 3.63) is 23.0 Å². The number of ether oxygens (including phenoxy) is 1. The third kappa shape index (κ3) is 3.36. The van der Waals surface area contributed by atoms with Gasteiger partial charge in [-0.2, -0.15) is 0 Å². The number of carbonyl (C=O) groups is 1. The van der Waals surface area contributed by atoms with Crippen LogP contribution in [0, 0.1) is 0 Å². The van der Waals surface area contributed by atoms with E-state index in [1.165, 1.54) is 6.07 Å². The van der Waals surface area contributed by atoms with Crippen LogP contribution < -0.4 is 11.5 Å². The minimum atomic E-state index is -2.77. The number of nitrogens with two attached hydrogens (primary N) is 2. The first-order valence-corrected chi connectivity index (χ1v) is 5.41. The summed E-state index contributed by atoms with van der Waals surface area (Å²) in [7, 11) is 0. The van der Waals surface area contributed by atoms with Gasteiger partial charge < -0.3 is 16.2 Å². The van der Waals surface area contributed by atoms with E-state index in [9.17, 15) is 13.6 Å². The van der Waals surface area contributed by atoms with Gasteiger partial charge in [0.15, 0.2) is 0 Å². The Balaban J connectivity index is 3.05. The van der Waals surface area contributed by atoms with Gasteiger partial charge in [-0.15, -0.1) is 0 Å². The molecule has 0 atom stereocenters. The number of hydrogen-bond donors (Lipinski definition) is 2. The number of pyridine rings is 1. The molecule has 0 saturated carbocycles. The van der Waals surface area contributed by atoms with Gasteiger partial charge in [-0.3, -0.25) is 4.79 Å². The van der Waals surface area contributed by atoms with Crippen LogP contribution >= 0.6 is 0 Å². The van der Waals surface area contributed by atoms with Crippen molar-refractivity contribution in [1.82, 2.24) is 4.98 Å². The molecule has 5 nitrogen and oxygen atoms in total. The molecule has 0 aliphatic rings. The van der Waals surface area contributed by atoms with Gasteiger partial charge in [0.25, 0.3) is 6.43 Å². The summed E-state index contributed by atoms with van der Waals surface area (Å²) >= 11 is 0. The van der Waals surface area contributed by atoms with E-state index in [2.05, 4.69) is 4.98 Å². The molecule has 18 heavy (non-hydrogen) atoms. The highest BCUT2D eigenvalue weighted by molar-refractivity contribution is 5.73. The lowest BCUT2D eigenvalue weighted by molar-refractivity contribution is -0.142. The number of nitrogens with zero attached hydrogens (tertiary/aromatic N) is 1. The molecule has 0 saturated heterocycles. The Hall–Kier alpha value is -1.76. The van der Waals surface area contributed by atoms with Gasteiger partial charge in [0.1, 0.15) is 5.69 Å². The second kappa shape index (κ2) is 6.25. The van der Waals surface area contributed by atoms with Crippen LogP contribution in [0.5, 0.6) is 0 Å². The number of nitrogen functional groups attached to an aromatic ring is 1. The van der Waals surface area contributed by atoms with Crippen molar-refractivity contribution in [2.75, 3.05) is 12.3 Å². The Kier molecular flexibility index (Phi) is 4.96. The molecule has 4 N–H and O–H groups in total. The molecule has 0 fully saturated rings. The van der Waals surface area contributed by atoms with Crippen LogP contribution in [0.4, 0.5) is 14.5 Å². The maximum absolute atomic E-state index is 12.6. The molecule has 0 amide bonds. The summed E-state index contributed by atoms with van der Waals surface area (Å²) in [5.41, 5.74) is 10.9. The number of anilines is 1. The number of aromatic nitrogens is 1. The maximum Gasteiger partial charge on any atom is 0.310 e. The third-order valence-corrected chi connectivity index (χ3v) is 2.29. The van der Waals surface area contributed by atoms with Crippen molar-refractivity contribution < 1.29 is 18.3 Å². The van der Waals surface area contributed by atoms with Crippen LogP contribution in [0.15, 0.2) is 6.07 Å². The third-order valence-electron chi connectivity index (χ3n) is 2.29. The zero-order valence-electron chi connectivity index (χ0n) is 9.95. The predicted molar refractivity (Wildman–Crippen MR) is 61.8 cm³/mol. The molecular formula is C11H15F2N3O2. The van der Waals surface area contributed by atoms with E-state index in [1.807, 2.05) is 0 Å². The first-order valence-electron chi connectivity index (χ1n) is 5.41. The molecule has 1 aromatic rings. The molecule has 0 aliphatic carbocycles. The monoisotopic (exact) mass is 259 g/mol. The van der Waals surface area contributed by atoms with Crippen LogP contribution in [0.1, 0.15) is 30.3 Å².